The number of rotatable bonds is 3. The molecule has 0 spiro atoms. The molecule has 20 heavy (non-hydrogen) atoms. The van der Waals surface area contributed by atoms with Crippen molar-refractivity contribution < 1.29 is 0 Å². The van der Waals surface area contributed by atoms with Gasteiger partial charge in [0.2, 0.25) is 0 Å². The summed E-state index contributed by atoms with van der Waals surface area (Å²) in [6, 6.07) is 9.28. The maximum absolute atomic E-state index is 5.95. The van der Waals surface area contributed by atoms with Crippen molar-refractivity contribution in [2.75, 3.05) is 0 Å². The Kier molecular flexibility index (Phi) is 5.14. The minimum atomic E-state index is 0.406. The minimum Gasteiger partial charge on any atom is -0.307 e. The second-order valence-electron chi connectivity index (χ2n) is 7.35. The summed E-state index contributed by atoms with van der Waals surface area (Å²) in [5, 5.41) is 4.60. The van der Waals surface area contributed by atoms with Crippen LogP contribution in [0, 0.1) is 11.3 Å². The summed E-state index contributed by atoms with van der Waals surface area (Å²) in [5.41, 5.74) is 1.79. The van der Waals surface area contributed by atoms with E-state index >= 15 is 0 Å². The van der Waals surface area contributed by atoms with Crippen molar-refractivity contribution in [3.63, 3.8) is 0 Å². The van der Waals surface area contributed by atoms with E-state index in [4.69, 9.17) is 11.6 Å². The van der Waals surface area contributed by atoms with Gasteiger partial charge in [0.15, 0.2) is 0 Å². The van der Waals surface area contributed by atoms with Crippen molar-refractivity contribution in [1.29, 1.82) is 0 Å². The Morgan fingerprint density at radius 2 is 1.60 bits per heavy atom. The Morgan fingerprint density at radius 3 is 2.10 bits per heavy atom. The summed E-state index contributed by atoms with van der Waals surface area (Å²) in [5.74, 6) is 0.881. The molecule has 1 unspecified atom stereocenters. The number of nitrogens with one attached hydrogen (secondary N) is 1. The lowest BCUT2D eigenvalue weighted by Gasteiger charge is -2.38. The molecule has 0 amide bonds. The monoisotopic (exact) mass is 293 g/mol. The average Bonchev–Trinajstić information content (AvgIpc) is 2.39. The van der Waals surface area contributed by atoms with Gasteiger partial charge in [-0.2, -0.15) is 0 Å². The lowest BCUT2D eigenvalue weighted by Crippen LogP contribution is -2.37. The maximum Gasteiger partial charge on any atom is 0.0406 e. The normalized spacial score (nSPS) is 25.4. The highest BCUT2D eigenvalue weighted by Crippen LogP contribution is 2.38. The third kappa shape index (κ3) is 4.23. The van der Waals surface area contributed by atoms with E-state index in [9.17, 15) is 0 Å². The number of benzene rings is 1. The molecule has 1 N–H and O–H groups in total. The lowest BCUT2D eigenvalue weighted by atomic mass is 9.71. The fourth-order valence-corrected chi connectivity index (χ4v) is 3.45. The van der Waals surface area contributed by atoms with Gasteiger partial charge >= 0.3 is 0 Å². The van der Waals surface area contributed by atoms with E-state index in [2.05, 4.69) is 45.1 Å². The van der Waals surface area contributed by atoms with Gasteiger partial charge in [0.25, 0.3) is 0 Å². The highest BCUT2D eigenvalue weighted by Gasteiger charge is 2.29. The molecule has 1 aliphatic rings. The second kappa shape index (κ2) is 6.49. The smallest absolute Gasteiger partial charge is 0.0406 e. The molecule has 1 nitrogen and oxygen atoms in total. The number of hydrogen-bond acceptors (Lipinski definition) is 1. The summed E-state index contributed by atoms with van der Waals surface area (Å²) in [6.45, 7) is 9.38. The Balaban J connectivity index is 1.85. The van der Waals surface area contributed by atoms with Crippen LogP contribution in [0.4, 0.5) is 0 Å². The molecule has 0 saturated heterocycles. The van der Waals surface area contributed by atoms with Crippen LogP contribution in [0.25, 0.3) is 0 Å². The first-order valence-corrected chi connectivity index (χ1v) is 8.25. The van der Waals surface area contributed by atoms with Crippen molar-refractivity contribution in [3.8, 4) is 0 Å². The van der Waals surface area contributed by atoms with Gasteiger partial charge in [-0.3, -0.25) is 0 Å². The van der Waals surface area contributed by atoms with Crippen LogP contribution >= 0.6 is 11.6 Å². The van der Waals surface area contributed by atoms with Crippen LogP contribution in [0.15, 0.2) is 24.3 Å². The van der Waals surface area contributed by atoms with Crippen LogP contribution < -0.4 is 5.32 Å². The molecule has 1 atom stereocenters. The van der Waals surface area contributed by atoms with E-state index in [0.717, 1.165) is 10.9 Å². The predicted molar refractivity (Wildman–Crippen MR) is 88.2 cm³/mol. The van der Waals surface area contributed by atoms with E-state index in [0.29, 0.717) is 17.5 Å². The fourth-order valence-electron chi connectivity index (χ4n) is 3.33. The summed E-state index contributed by atoms with van der Waals surface area (Å²) in [6.07, 6.45) is 5.32. The van der Waals surface area contributed by atoms with E-state index in [1.54, 1.807) is 0 Å². The highest BCUT2D eigenvalue weighted by molar-refractivity contribution is 6.30. The van der Waals surface area contributed by atoms with E-state index in [-0.39, 0.29) is 0 Å². The molecule has 0 radical (unpaired) electrons. The molecule has 1 aromatic carbocycles. The Hall–Kier alpha value is -0.530. The average molecular weight is 294 g/mol. The lowest BCUT2D eigenvalue weighted by molar-refractivity contribution is 0.157. The largest absolute Gasteiger partial charge is 0.307 e. The molecule has 1 fully saturated rings. The third-order valence-corrected chi connectivity index (χ3v) is 5.06. The first-order valence-electron chi connectivity index (χ1n) is 7.88. The van der Waals surface area contributed by atoms with Crippen LogP contribution in [-0.4, -0.2) is 6.04 Å². The highest BCUT2D eigenvalue weighted by atomic mass is 35.5. The van der Waals surface area contributed by atoms with E-state index in [1.807, 2.05) is 12.1 Å². The summed E-state index contributed by atoms with van der Waals surface area (Å²) in [4.78, 5) is 0. The zero-order valence-corrected chi connectivity index (χ0v) is 14.0. The molecule has 1 saturated carbocycles. The Morgan fingerprint density at radius 1 is 1.05 bits per heavy atom. The van der Waals surface area contributed by atoms with Gasteiger partial charge in [-0.1, -0.05) is 44.5 Å². The third-order valence-electron chi connectivity index (χ3n) is 4.81. The first kappa shape index (κ1) is 15.9. The van der Waals surface area contributed by atoms with Crippen LogP contribution in [-0.2, 0) is 0 Å². The summed E-state index contributed by atoms with van der Waals surface area (Å²) < 4.78 is 0. The van der Waals surface area contributed by atoms with E-state index < -0.39 is 0 Å². The summed E-state index contributed by atoms with van der Waals surface area (Å²) >= 11 is 5.95. The molecule has 2 heteroatoms. The van der Waals surface area contributed by atoms with Crippen LogP contribution in [0.3, 0.4) is 0 Å². The molecule has 0 bridgehead atoms. The number of hydrogen-bond donors (Lipinski definition) is 1. The first-order chi connectivity index (χ1) is 9.36. The molecule has 112 valence electrons. The van der Waals surface area contributed by atoms with Crippen molar-refractivity contribution in [1.82, 2.24) is 5.32 Å². The molecule has 0 aliphatic heterocycles. The second-order valence-corrected chi connectivity index (χ2v) is 7.79. The molecular formula is C18H28ClN. The SMILES string of the molecule is CC(NC1CCC(C(C)(C)C)CC1)c1ccc(Cl)cc1. The molecule has 1 aliphatic carbocycles. The van der Waals surface area contributed by atoms with Crippen LogP contribution in [0.1, 0.15) is 65.0 Å². The molecule has 0 aromatic heterocycles. The van der Waals surface area contributed by atoms with Gasteiger partial charge in [-0.05, 0) is 61.6 Å². The molecular weight excluding hydrogens is 266 g/mol. The van der Waals surface area contributed by atoms with E-state index in [1.165, 1.54) is 31.2 Å². The zero-order valence-electron chi connectivity index (χ0n) is 13.2. The van der Waals surface area contributed by atoms with Gasteiger partial charge in [-0.15, -0.1) is 0 Å². The maximum atomic E-state index is 5.95. The van der Waals surface area contributed by atoms with Gasteiger partial charge < -0.3 is 5.32 Å². The van der Waals surface area contributed by atoms with Gasteiger partial charge in [-0.25, -0.2) is 0 Å². The van der Waals surface area contributed by atoms with Crippen molar-refractivity contribution in [2.45, 2.75) is 65.5 Å². The van der Waals surface area contributed by atoms with Crippen molar-refractivity contribution in [3.05, 3.63) is 34.9 Å². The minimum absolute atomic E-state index is 0.406. The van der Waals surface area contributed by atoms with Gasteiger partial charge in [0.1, 0.15) is 0 Å². The molecule has 1 aromatic rings. The quantitative estimate of drug-likeness (QED) is 0.765. The van der Waals surface area contributed by atoms with Crippen molar-refractivity contribution >= 4 is 11.6 Å². The number of halogens is 1. The zero-order chi connectivity index (χ0) is 14.8. The van der Waals surface area contributed by atoms with Crippen LogP contribution in [0.2, 0.25) is 5.02 Å². The fraction of sp³-hybridized carbons (Fsp3) is 0.667. The van der Waals surface area contributed by atoms with Crippen molar-refractivity contribution in [2.24, 2.45) is 11.3 Å². The van der Waals surface area contributed by atoms with Gasteiger partial charge in [0.05, 0.1) is 0 Å². The van der Waals surface area contributed by atoms with Crippen LogP contribution in [0.5, 0.6) is 0 Å². The summed E-state index contributed by atoms with van der Waals surface area (Å²) in [7, 11) is 0. The molecule has 2 rings (SSSR count). The Bertz CT molecular complexity index is 410. The Labute approximate surface area is 129 Å². The molecule has 0 heterocycles. The topological polar surface area (TPSA) is 12.0 Å². The predicted octanol–water partition coefficient (Wildman–Crippen LogP) is 5.60. The van der Waals surface area contributed by atoms with Gasteiger partial charge in [0, 0.05) is 17.1 Å². The standard InChI is InChI=1S/C18H28ClN/c1-13(14-5-9-16(19)10-6-14)20-17-11-7-15(8-12-17)18(2,3)4/h5-6,9-10,13,15,17,20H,7-8,11-12H2,1-4H3.